The standard InChI is InChI=1S/C14H20N2O4S/c1-11-5-6-13(20-2)12(9-11)15-14(17)10-16-7-3-4-8-21(16,18)19/h5-6,9H,3-4,7-8,10H2,1-2H3,(H,15,17). The van der Waals surface area contributed by atoms with Gasteiger partial charge < -0.3 is 10.1 Å². The third-order valence-electron chi connectivity index (χ3n) is 3.40. The third kappa shape index (κ3) is 3.95. The van der Waals surface area contributed by atoms with Crippen molar-refractivity contribution in [3.05, 3.63) is 23.8 Å². The van der Waals surface area contributed by atoms with Crippen molar-refractivity contribution in [1.82, 2.24) is 4.31 Å². The SMILES string of the molecule is COc1ccc(C)cc1NC(=O)CN1CCCCS1(=O)=O. The second kappa shape index (κ2) is 6.44. The highest BCUT2D eigenvalue weighted by Crippen LogP contribution is 2.25. The molecular weight excluding hydrogens is 292 g/mol. The normalized spacial score (nSPS) is 18.2. The van der Waals surface area contributed by atoms with Crippen molar-refractivity contribution in [1.29, 1.82) is 0 Å². The summed E-state index contributed by atoms with van der Waals surface area (Å²) in [6, 6.07) is 5.44. The number of benzene rings is 1. The summed E-state index contributed by atoms with van der Waals surface area (Å²) in [4.78, 5) is 12.1. The zero-order chi connectivity index (χ0) is 15.5. The molecule has 1 fully saturated rings. The van der Waals surface area contributed by atoms with E-state index in [4.69, 9.17) is 4.74 Å². The number of nitrogens with zero attached hydrogens (tertiary/aromatic N) is 1. The van der Waals surface area contributed by atoms with Crippen LogP contribution in [0.25, 0.3) is 0 Å². The Morgan fingerprint density at radius 3 is 2.81 bits per heavy atom. The maximum Gasteiger partial charge on any atom is 0.239 e. The number of hydrogen-bond donors (Lipinski definition) is 1. The third-order valence-corrected chi connectivity index (χ3v) is 5.31. The van der Waals surface area contributed by atoms with Gasteiger partial charge in [-0.25, -0.2) is 8.42 Å². The molecule has 0 bridgehead atoms. The molecule has 0 saturated carbocycles. The highest BCUT2D eigenvalue weighted by molar-refractivity contribution is 7.89. The van der Waals surface area contributed by atoms with Crippen LogP contribution in [0.1, 0.15) is 18.4 Å². The summed E-state index contributed by atoms with van der Waals surface area (Å²) in [5.41, 5.74) is 1.54. The van der Waals surface area contributed by atoms with E-state index in [0.717, 1.165) is 12.0 Å². The maximum absolute atomic E-state index is 12.1. The quantitative estimate of drug-likeness (QED) is 0.911. The van der Waals surface area contributed by atoms with Crippen molar-refractivity contribution >= 4 is 21.6 Å². The maximum atomic E-state index is 12.1. The topological polar surface area (TPSA) is 75.7 Å². The highest BCUT2D eigenvalue weighted by Gasteiger charge is 2.27. The second-order valence-electron chi connectivity index (χ2n) is 5.11. The van der Waals surface area contributed by atoms with E-state index in [2.05, 4.69) is 5.32 Å². The molecular formula is C14H20N2O4S. The largest absolute Gasteiger partial charge is 0.495 e. The Balaban J connectivity index is 2.07. The summed E-state index contributed by atoms with van der Waals surface area (Å²) in [5.74, 6) is 0.313. The van der Waals surface area contributed by atoms with Crippen molar-refractivity contribution < 1.29 is 17.9 Å². The molecule has 1 aliphatic heterocycles. The molecule has 1 heterocycles. The van der Waals surface area contributed by atoms with Gasteiger partial charge in [0.15, 0.2) is 0 Å². The van der Waals surface area contributed by atoms with Gasteiger partial charge in [-0.1, -0.05) is 6.07 Å². The second-order valence-corrected chi connectivity index (χ2v) is 7.20. The molecule has 0 atom stereocenters. The van der Waals surface area contributed by atoms with E-state index in [1.165, 1.54) is 11.4 Å². The molecule has 2 rings (SSSR count). The van der Waals surface area contributed by atoms with Gasteiger partial charge in [0.05, 0.1) is 25.1 Å². The number of hydrogen-bond acceptors (Lipinski definition) is 4. The van der Waals surface area contributed by atoms with Gasteiger partial charge >= 0.3 is 0 Å². The van der Waals surface area contributed by atoms with Crippen molar-refractivity contribution in [2.45, 2.75) is 19.8 Å². The lowest BCUT2D eigenvalue weighted by molar-refractivity contribution is -0.116. The number of anilines is 1. The zero-order valence-electron chi connectivity index (χ0n) is 12.3. The molecule has 1 aliphatic rings. The summed E-state index contributed by atoms with van der Waals surface area (Å²) < 4.78 is 30.2. The average molecular weight is 312 g/mol. The number of sulfonamides is 1. The number of ether oxygens (including phenoxy) is 1. The van der Waals surface area contributed by atoms with Crippen LogP contribution in [0.15, 0.2) is 18.2 Å². The Morgan fingerprint density at radius 1 is 1.38 bits per heavy atom. The molecule has 6 nitrogen and oxygen atoms in total. The smallest absolute Gasteiger partial charge is 0.239 e. The lowest BCUT2D eigenvalue weighted by Crippen LogP contribution is -2.42. The summed E-state index contributed by atoms with van der Waals surface area (Å²) in [7, 11) is -1.77. The first-order valence-corrected chi connectivity index (χ1v) is 8.45. The number of aryl methyl sites for hydroxylation is 1. The summed E-state index contributed by atoms with van der Waals surface area (Å²) >= 11 is 0. The minimum Gasteiger partial charge on any atom is -0.495 e. The van der Waals surface area contributed by atoms with Gasteiger partial charge in [-0.2, -0.15) is 4.31 Å². The van der Waals surface area contributed by atoms with Crippen LogP contribution in [0.5, 0.6) is 5.75 Å². The van der Waals surface area contributed by atoms with Gasteiger partial charge in [-0.05, 0) is 37.5 Å². The number of rotatable bonds is 4. The average Bonchev–Trinajstić information content (AvgIpc) is 2.41. The van der Waals surface area contributed by atoms with Crippen molar-refractivity contribution in [3.8, 4) is 5.75 Å². The number of nitrogens with one attached hydrogen (secondary N) is 1. The van der Waals surface area contributed by atoms with Crippen LogP contribution >= 0.6 is 0 Å². The molecule has 7 heteroatoms. The van der Waals surface area contributed by atoms with Gasteiger partial charge in [0.25, 0.3) is 0 Å². The Labute approximate surface area is 125 Å². The van der Waals surface area contributed by atoms with Crippen molar-refractivity contribution in [3.63, 3.8) is 0 Å². The molecule has 1 aromatic carbocycles. The van der Waals surface area contributed by atoms with E-state index < -0.39 is 10.0 Å². The van der Waals surface area contributed by atoms with Crippen LogP contribution in [-0.2, 0) is 14.8 Å². The lowest BCUT2D eigenvalue weighted by atomic mass is 10.2. The van der Waals surface area contributed by atoms with Gasteiger partial charge in [-0.3, -0.25) is 4.79 Å². The van der Waals surface area contributed by atoms with E-state index in [0.29, 0.717) is 24.4 Å². The monoisotopic (exact) mass is 312 g/mol. The first-order valence-electron chi connectivity index (χ1n) is 6.85. The molecule has 1 amide bonds. The molecule has 0 aromatic heterocycles. The molecule has 21 heavy (non-hydrogen) atoms. The molecule has 1 aromatic rings. The number of methoxy groups -OCH3 is 1. The fourth-order valence-electron chi connectivity index (χ4n) is 2.29. The number of amides is 1. The Morgan fingerprint density at radius 2 is 2.14 bits per heavy atom. The number of carbonyl (C=O) groups is 1. The van der Waals surface area contributed by atoms with Crippen LogP contribution in [0.3, 0.4) is 0 Å². The fourth-order valence-corrected chi connectivity index (χ4v) is 3.84. The molecule has 0 unspecified atom stereocenters. The van der Waals surface area contributed by atoms with Crippen molar-refractivity contribution in [2.24, 2.45) is 0 Å². The molecule has 0 radical (unpaired) electrons. The highest BCUT2D eigenvalue weighted by atomic mass is 32.2. The summed E-state index contributed by atoms with van der Waals surface area (Å²) in [6.45, 7) is 2.16. The summed E-state index contributed by atoms with van der Waals surface area (Å²) in [6.07, 6.45) is 1.45. The Kier molecular flexibility index (Phi) is 4.84. The van der Waals surface area contributed by atoms with Gasteiger partial charge in [0.2, 0.25) is 15.9 Å². The molecule has 0 spiro atoms. The minimum absolute atomic E-state index is 0.119. The summed E-state index contributed by atoms with van der Waals surface area (Å²) in [5, 5.41) is 2.72. The van der Waals surface area contributed by atoms with Gasteiger partial charge in [0.1, 0.15) is 5.75 Å². The van der Waals surface area contributed by atoms with Crippen molar-refractivity contribution in [2.75, 3.05) is 31.3 Å². The number of carbonyl (C=O) groups excluding carboxylic acids is 1. The molecule has 1 saturated heterocycles. The van der Waals surface area contributed by atoms with E-state index in [9.17, 15) is 13.2 Å². The molecule has 0 aliphatic carbocycles. The first kappa shape index (κ1) is 15.8. The molecule has 116 valence electrons. The molecule has 1 N–H and O–H groups in total. The van der Waals surface area contributed by atoms with Crippen LogP contribution < -0.4 is 10.1 Å². The van der Waals surface area contributed by atoms with E-state index >= 15 is 0 Å². The van der Waals surface area contributed by atoms with Crippen LogP contribution in [0.4, 0.5) is 5.69 Å². The first-order chi connectivity index (χ1) is 9.92. The van der Waals surface area contributed by atoms with Crippen LogP contribution in [-0.4, -0.2) is 44.6 Å². The predicted molar refractivity (Wildman–Crippen MR) is 81.0 cm³/mol. The van der Waals surface area contributed by atoms with Gasteiger partial charge in [-0.15, -0.1) is 0 Å². The Hall–Kier alpha value is -1.60. The van der Waals surface area contributed by atoms with E-state index in [-0.39, 0.29) is 18.2 Å². The van der Waals surface area contributed by atoms with E-state index in [1.807, 2.05) is 13.0 Å². The minimum atomic E-state index is -3.29. The van der Waals surface area contributed by atoms with Crippen LogP contribution in [0, 0.1) is 6.92 Å². The lowest BCUT2D eigenvalue weighted by Gasteiger charge is -2.25. The predicted octanol–water partition coefficient (Wildman–Crippen LogP) is 1.37. The zero-order valence-corrected chi connectivity index (χ0v) is 13.1. The van der Waals surface area contributed by atoms with Crippen LogP contribution in [0.2, 0.25) is 0 Å². The Bertz CT molecular complexity index is 628. The van der Waals surface area contributed by atoms with E-state index in [1.54, 1.807) is 12.1 Å². The fraction of sp³-hybridized carbons (Fsp3) is 0.500. The van der Waals surface area contributed by atoms with Gasteiger partial charge in [0, 0.05) is 6.54 Å².